The molecule has 0 spiro atoms. The smallest absolute Gasteiger partial charge is 0.417 e. The molecule has 2 aromatic carbocycles. The van der Waals surface area contributed by atoms with Crippen molar-refractivity contribution in [3.8, 4) is 16.9 Å². The van der Waals surface area contributed by atoms with Gasteiger partial charge in [0.1, 0.15) is 5.75 Å². The summed E-state index contributed by atoms with van der Waals surface area (Å²) in [7, 11) is 1.52. The van der Waals surface area contributed by atoms with Crippen LogP contribution in [0.1, 0.15) is 16.7 Å². The highest BCUT2D eigenvalue weighted by molar-refractivity contribution is 5.85. The van der Waals surface area contributed by atoms with Gasteiger partial charge in [0, 0.05) is 12.1 Å². The van der Waals surface area contributed by atoms with E-state index >= 15 is 0 Å². The molecule has 0 saturated carbocycles. The zero-order valence-electron chi connectivity index (χ0n) is 12.2. The molecule has 0 unspecified atom stereocenters. The van der Waals surface area contributed by atoms with E-state index in [1.54, 1.807) is 25.1 Å². The van der Waals surface area contributed by atoms with E-state index in [4.69, 9.17) is 10.5 Å². The van der Waals surface area contributed by atoms with Gasteiger partial charge in [0.25, 0.3) is 0 Å². The molecule has 0 aliphatic rings. The first kappa shape index (κ1) is 18.3. The summed E-state index contributed by atoms with van der Waals surface area (Å²) >= 11 is 0. The molecule has 0 aliphatic heterocycles. The molecular weight excluding hydrogens is 315 g/mol. The molecule has 0 heterocycles. The summed E-state index contributed by atoms with van der Waals surface area (Å²) in [5, 5.41) is 0. The molecule has 6 heteroatoms. The van der Waals surface area contributed by atoms with Gasteiger partial charge in [-0.25, -0.2) is 0 Å². The van der Waals surface area contributed by atoms with Crippen LogP contribution in [0, 0.1) is 6.92 Å². The molecule has 0 radical (unpaired) electrons. The minimum absolute atomic E-state index is 0. The summed E-state index contributed by atoms with van der Waals surface area (Å²) in [6.07, 6.45) is -4.40. The Bertz CT molecular complexity index is 656. The Balaban J connectivity index is 0.00000242. The van der Waals surface area contributed by atoms with Crippen molar-refractivity contribution < 1.29 is 17.9 Å². The maximum atomic E-state index is 13.1. The maximum Gasteiger partial charge on any atom is 0.417 e. The molecule has 2 aromatic rings. The summed E-state index contributed by atoms with van der Waals surface area (Å²) in [5.74, 6) is 0.616. The predicted molar refractivity (Wildman–Crippen MR) is 83.3 cm³/mol. The number of hydrogen-bond acceptors (Lipinski definition) is 2. The van der Waals surface area contributed by atoms with Crippen LogP contribution < -0.4 is 10.5 Å². The van der Waals surface area contributed by atoms with E-state index < -0.39 is 11.7 Å². The molecule has 0 fully saturated rings. The van der Waals surface area contributed by atoms with E-state index in [1.165, 1.54) is 19.2 Å². The van der Waals surface area contributed by atoms with Crippen LogP contribution in [0.15, 0.2) is 36.4 Å². The molecule has 2 N–H and O–H groups in total. The number of benzene rings is 2. The zero-order valence-corrected chi connectivity index (χ0v) is 13.0. The number of rotatable bonds is 3. The molecule has 0 aliphatic carbocycles. The Labute approximate surface area is 133 Å². The Morgan fingerprint density at radius 3 is 2.32 bits per heavy atom. The van der Waals surface area contributed by atoms with Crippen molar-refractivity contribution in [2.75, 3.05) is 7.11 Å². The second-order valence-corrected chi connectivity index (χ2v) is 4.73. The standard InChI is InChI=1S/C16H16F3NO.ClH/c1-10-7-11(8-12(9-20)15(10)21-2)13-5-3-4-6-14(13)16(17,18)19;/h3-8H,9,20H2,1-2H3;1H. The quantitative estimate of drug-likeness (QED) is 0.894. The maximum absolute atomic E-state index is 13.1. The molecule has 120 valence electrons. The minimum atomic E-state index is -4.40. The first-order valence-electron chi connectivity index (χ1n) is 6.42. The van der Waals surface area contributed by atoms with Crippen molar-refractivity contribution in [2.45, 2.75) is 19.6 Å². The van der Waals surface area contributed by atoms with Crippen LogP contribution in [0.3, 0.4) is 0 Å². The number of alkyl halides is 3. The Hall–Kier alpha value is -1.72. The average molecular weight is 332 g/mol. The highest BCUT2D eigenvalue weighted by Crippen LogP contribution is 2.38. The van der Waals surface area contributed by atoms with Crippen molar-refractivity contribution >= 4 is 12.4 Å². The molecule has 0 saturated heterocycles. The number of aryl methyl sites for hydroxylation is 1. The molecule has 2 nitrogen and oxygen atoms in total. The van der Waals surface area contributed by atoms with Crippen molar-refractivity contribution in [2.24, 2.45) is 5.73 Å². The van der Waals surface area contributed by atoms with Crippen LogP contribution in [0.25, 0.3) is 11.1 Å². The van der Waals surface area contributed by atoms with E-state index in [-0.39, 0.29) is 24.5 Å². The van der Waals surface area contributed by atoms with Gasteiger partial charge in [0.2, 0.25) is 0 Å². The third kappa shape index (κ3) is 3.54. The largest absolute Gasteiger partial charge is 0.496 e. The molecule has 0 atom stereocenters. The lowest BCUT2D eigenvalue weighted by Gasteiger charge is -2.16. The zero-order chi connectivity index (χ0) is 15.6. The predicted octanol–water partition coefficient (Wildman–Crippen LogP) is 4.57. The topological polar surface area (TPSA) is 35.2 Å². The fourth-order valence-electron chi connectivity index (χ4n) is 2.43. The van der Waals surface area contributed by atoms with Crippen LogP contribution in [0.5, 0.6) is 5.75 Å². The molecule has 0 aromatic heterocycles. The van der Waals surface area contributed by atoms with Crippen LogP contribution >= 0.6 is 12.4 Å². The van der Waals surface area contributed by atoms with Crippen LogP contribution in [-0.4, -0.2) is 7.11 Å². The lowest BCUT2D eigenvalue weighted by molar-refractivity contribution is -0.137. The van der Waals surface area contributed by atoms with Gasteiger partial charge in [-0.3, -0.25) is 0 Å². The number of nitrogens with two attached hydrogens (primary N) is 1. The van der Waals surface area contributed by atoms with E-state index in [2.05, 4.69) is 0 Å². The second-order valence-electron chi connectivity index (χ2n) is 4.73. The Morgan fingerprint density at radius 2 is 1.77 bits per heavy atom. The summed E-state index contributed by atoms with van der Waals surface area (Å²) < 4.78 is 44.6. The molecule has 22 heavy (non-hydrogen) atoms. The number of methoxy groups -OCH3 is 1. The molecule has 2 rings (SSSR count). The first-order chi connectivity index (χ1) is 9.88. The van der Waals surface area contributed by atoms with E-state index in [0.29, 0.717) is 16.9 Å². The minimum Gasteiger partial charge on any atom is -0.496 e. The van der Waals surface area contributed by atoms with Gasteiger partial charge in [-0.05, 0) is 41.8 Å². The summed E-state index contributed by atoms with van der Waals surface area (Å²) in [6, 6.07) is 8.85. The van der Waals surface area contributed by atoms with E-state index in [1.807, 2.05) is 0 Å². The van der Waals surface area contributed by atoms with Gasteiger partial charge >= 0.3 is 6.18 Å². The lowest BCUT2D eigenvalue weighted by atomic mass is 9.95. The van der Waals surface area contributed by atoms with E-state index in [9.17, 15) is 13.2 Å². The lowest BCUT2D eigenvalue weighted by Crippen LogP contribution is -2.08. The monoisotopic (exact) mass is 331 g/mol. The SMILES string of the molecule is COc1c(C)cc(-c2ccccc2C(F)(F)F)cc1CN.Cl. The van der Waals surface area contributed by atoms with Crippen molar-refractivity contribution in [3.63, 3.8) is 0 Å². The van der Waals surface area contributed by atoms with Gasteiger partial charge < -0.3 is 10.5 Å². The fourth-order valence-corrected chi connectivity index (χ4v) is 2.43. The second kappa shape index (κ2) is 7.03. The number of hydrogen-bond donors (Lipinski definition) is 1. The van der Waals surface area contributed by atoms with Crippen LogP contribution in [-0.2, 0) is 12.7 Å². The van der Waals surface area contributed by atoms with Gasteiger partial charge in [-0.1, -0.05) is 18.2 Å². The average Bonchev–Trinajstić information content (AvgIpc) is 2.45. The summed E-state index contributed by atoms with van der Waals surface area (Å²) in [4.78, 5) is 0. The first-order valence-corrected chi connectivity index (χ1v) is 6.42. The Morgan fingerprint density at radius 1 is 1.14 bits per heavy atom. The van der Waals surface area contributed by atoms with Crippen LogP contribution in [0.4, 0.5) is 13.2 Å². The Kier molecular flexibility index (Phi) is 5.85. The number of halogens is 4. The van der Waals surface area contributed by atoms with Gasteiger partial charge in [0.15, 0.2) is 0 Å². The highest BCUT2D eigenvalue weighted by atomic mass is 35.5. The molecule has 0 bridgehead atoms. The third-order valence-electron chi connectivity index (χ3n) is 3.32. The molecular formula is C16H17ClF3NO. The number of ether oxygens (including phenoxy) is 1. The molecule has 0 amide bonds. The summed E-state index contributed by atoms with van der Waals surface area (Å²) in [6.45, 7) is 1.99. The fraction of sp³-hybridized carbons (Fsp3) is 0.250. The van der Waals surface area contributed by atoms with Gasteiger partial charge in [0.05, 0.1) is 12.7 Å². The van der Waals surface area contributed by atoms with E-state index in [0.717, 1.165) is 11.6 Å². The van der Waals surface area contributed by atoms with Crippen molar-refractivity contribution in [3.05, 3.63) is 53.1 Å². The highest BCUT2D eigenvalue weighted by Gasteiger charge is 2.33. The van der Waals surface area contributed by atoms with Crippen LogP contribution in [0.2, 0.25) is 0 Å². The summed E-state index contributed by atoms with van der Waals surface area (Å²) in [5.41, 5.74) is 7.08. The van der Waals surface area contributed by atoms with Crippen molar-refractivity contribution in [1.82, 2.24) is 0 Å². The van der Waals surface area contributed by atoms with Crippen molar-refractivity contribution in [1.29, 1.82) is 0 Å². The van der Waals surface area contributed by atoms with Gasteiger partial charge in [-0.15, -0.1) is 12.4 Å². The third-order valence-corrected chi connectivity index (χ3v) is 3.32. The normalized spacial score (nSPS) is 11.0. The van der Waals surface area contributed by atoms with Gasteiger partial charge in [-0.2, -0.15) is 13.2 Å².